The number of aromatic nitrogens is 2. The van der Waals surface area contributed by atoms with Crippen molar-refractivity contribution >= 4 is 17.2 Å². The monoisotopic (exact) mass is 355 g/mol. The van der Waals surface area contributed by atoms with Crippen molar-refractivity contribution in [2.24, 2.45) is 0 Å². The van der Waals surface area contributed by atoms with Crippen LogP contribution >= 0.6 is 0 Å². The summed E-state index contributed by atoms with van der Waals surface area (Å²) in [6, 6.07) is 19.8. The van der Waals surface area contributed by atoms with Gasteiger partial charge in [0.15, 0.2) is 0 Å². The normalized spacial score (nSPS) is 10.9. The Hall–Kier alpha value is -3.40. The summed E-state index contributed by atoms with van der Waals surface area (Å²) in [5.74, 6) is -0.174. The van der Waals surface area contributed by atoms with Gasteiger partial charge in [-0.25, -0.2) is 4.98 Å². The van der Waals surface area contributed by atoms with Gasteiger partial charge in [-0.1, -0.05) is 53.6 Å². The van der Waals surface area contributed by atoms with Crippen LogP contribution in [-0.4, -0.2) is 15.3 Å². The summed E-state index contributed by atoms with van der Waals surface area (Å²) in [6.07, 6.45) is 1.95. The molecule has 0 aliphatic carbocycles. The lowest BCUT2D eigenvalue weighted by atomic mass is 10.1. The van der Waals surface area contributed by atoms with E-state index in [4.69, 9.17) is 4.98 Å². The van der Waals surface area contributed by atoms with Crippen molar-refractivity contribution in [3.63, 3.8) is 0 Å². The van der Waals surface area contributed by atoms with E-state index in [-0.39, 0.29) is 5.91 Å². The Bertz CT molecular complexity index is 1120. The zero-order chi connectivity index (χ0) is 19.0. The van der Waals surface area contributed by atoms with Crippen LogP contribution in [0.5, 0.6) is 0 Å². The highest BCUT2D eigenvalue weighted by Crippen LogP contribution is 2.26. The van der Waals surface area contributed by atoms with Crippen LogP contribution in [0.4, 0.5) is 5.69 Å². The van der Waals surface area contributed by atoms with Crippen LogP contribution in [0.25, 0.3) is 16.9 Å². The van der Waals surface area contributed by atoms with E-state index in [0.29, 0.717) is 11.4 Å². The van der Waals surface area contributed by atoms with Crippen molar-refractivity contribution in [2.45, 2.75) is 20.8 Å². The number of fused-ring (bicyclic) bond motifs is 1. The third-order valence-electron chi connectivity index (χ3n) is 4.62. The van der Waals surface area contributed by atoms with Gasteiger partial charge in [0.1, 0.15) is 17.0 Å². The van der Waals surface area contributed by atoms with Crippen molar-refractivity contribution in [2.75, 3.05) is 5.32 Å². The van der Waals surface area contributed by atoms with Crippen molar-refractivity contribution in [1.29, 1.82) is 0 Å². The van der Waals surface area contributed by atoms with E-state index in [9.17, 15) is 4.79 Å². The Morgan fingerprint density at radius 3 is 2.07 bits per heavy atom. The van der Waals surface area contributed by atoms with Crippen molar-refractivity contribution in [3.05, 3.63) is 89.2 Å². The largest absolute Gasteiger partial charge is 0.321 e. The smallest absolute Gasteiger partial charge is 0.274 e. The first kappa shape index (κ1) is 17.0. The number of aryl methyl sites for hydroxylation is 3. The van der Waals surface area contributed by atoms with Gasteiger partial charge >= 0.3 is 0 Å². The van der Waals surface area contributed by atoms with E-state index in [2.05, 4.69) is 5.32 Å². The summed E-state index contributed by atoms with van der Waals surface area (Å²) in [5.41, 5.74) is 7.06. The summed E-state index contributed by atoms with van der Waals surface area (Å²) in [4.78, 5) is 17.9. The fourth-order valence-corrected chi connectivity index (χ4v) is 3.11. The fraction of sp³-hybridized carbons (Fsp3) is 0.130. The Balaban J connectivity index is 1.84. The van der Waals surface area contributed by atoms with E-state index in [0.717, 1.165) is 28.0 Å². The highest BCUT2D eigenvalue weighted by Gasteiger charge is 2.21. The van der Waals surface area contributed by atoms with Crippen LogP contribution in [0.3, 0.4) is 0 Å². The van der Waals surface area contributed by atoms with Crippen LogP contribution < -0.4 is 5.32 Å². The molecule has 0 fully saturated rings. The zero-order valence-electron chi connectivity index (χ0n) is 15.7. The number of amides is 1. The predicted octanol–water partition coefficient (Wildman–Crippen LogP) is 5.18. The van der Waals surface area contributed by atoms with Crippen molar-refractivity contribution in [3.8, 4) is 11.3 Å². The summed E-state index contributed by atoms with van der Waals surface area (Å²) in [6.45, 7) is 6.07. The molecule has 0 aliphatic heterocycles. The maximum Gasteiger partial charge on any atom is 0.274 e. The Morgan fingerprint density at radius 1 is 0.815 bits per heavy atom. The molecular formula is C23H21N3O. The zero-order valence-corrected chi connectivity index (χ0v) is 15.7. The lowest BCUT2D eigenvalue weighted by Gasteiger charge is -2.08. The quantitative estimate of drug-likeness (QED) is 0.550. The first-order valence-electron chi connectivity index (χ1n) is 8.95. The maximum atomic E-state index is 13.2. The molecule has 0 saturated heterocycles. The number of nitrogens with one attached hydrogen (secondary N) is 1. The maximum absolute atomic E-state index is 13.2. The molecule has 2 heterocycles. The lowest BCUT2D eigenvalue weighted by molar-refractivity contribution is 0.102. The molecule has 27 heavy (non-hydrogen) atoms. The molecule has 4 nitrogen and oxygen atoms in total. The molecule has 2 aromatic carbocycles. The minimum atomic E-state index is -0.174. The minimum absolute atomic E-state index is 0.174. The van der Waals surface area contributed by atoms with Crippen LogP contribution in [0.1, 0.15) is 27.2 Å². The Labute approximate surface area is 158 Å². The highest BCUT2D eigenvalue weighted by atomic mass is 16.2. The molecule has 1 N–H and O–H groups in total. The molecule has 4 heteroatoms. The number of rotatable bonds is 3. The van der Waals surface area contributed by atoms with E-state index in [1.165, 1.54) is 5.56 Å². The topological polar surface area (TPSA) is 46.4 Å². The van der Waals surface area contributed by atoms with E-state index < -0.39 is 0 Å². The van der Waals surface area contributed by atoms with Crippen LogP contribution in [0.2, 0.25) is 0 Å². The molecule has 134 valence electrons. The van der Waals surface area contributed by atoms with Gasteiger partial charge in [0.25, 0.3) is 5.91 Å². The second-order valence-corrected chi connectivity index (χ2v) is 6.93. The third-order valence-corrected chi connectivity index (χ3v) is 4.62. The number of hydrogen-bond acceptors (Lipinski definition) is 2. The number of benzene rings is 2. The molecule has 0 aliphatic rings. The van der Waals surface area contributed by atoms with E-state index in [1.807, 2.05) is 92.0 Å². The number of pyridine rings is 1. The van der Waals surface area contributed by atoms with Gasteiger partial charge in [0, 0.05) is 17.4 Å². The molecule has 2 aromatic heterocycles. The average molecular weight is 355 g/mol. The number of imidazole rings is 1. The Kier molecular flexibility index (Phi) is 4.24. The highest BCUT2D eigenvalue weighted by molar-refractivity contribution is 6.07. The molecular weight excluding hydrogens is 334 g/mol. The molecule has 4 aromatic rings. The predicted molar refractivity (Wildman–Crippen MR) is 109 cm³/mol. The second kappa shape index (κ2) is 6.72. The van der Waals surface area contributed by atoms with Crippen molar-refractivity contribution < 1.29 is 4.79 Å². The molecule has 0 bridgehead atoms. The van der Waals surface area contributed by atoms with Crippen LogP contribution in [-0.2, 0) is 0 Å². The summed E-state index contributed by atoms with van der Waals surface area (Å²) in [5, 5.41) is 3.00. The molecule has 4 rings (SSSR count). The third kappa shape index (κ3) is 3.34. The molecule has 0 unspecified atom stereocenters. The van der Waals surface area contributed by atoms with Gasteiger partial charge in [-0.05, 0) is 44.5 Å². The summed E-state index contributed by atoms with van der Waals surface area (Å²) < 4.78 is 1.87. The summed E-state index contributed by atoms with van der Waals surface area (Å²) in [7, 11) is 0. The molecule has 0 atom stereocenters. The number of nitrogens with zero attached hydrogens (tertiary/aromatic N) is 2. The summed E-state index contributed by atoms with van der Waals surface area (Å²) >= 11 is 0. The van der Waals surface area contributed by atoms with E-state index >= 15 is 0 Å². The van der Waals surface area contributed by atoms with Gasteiger partial charge in [-0.15, -0.1) is 0 Å². The number of carbonyl (C=O) groups is 1. The second-order valence-electron chi connectivity index (χ2n) is 6.93. The number of anilines is 1. The molecule has 0 spiro atoms. The molecule has 0 radical (unpaired) electrons. The molecule has 1 amide bonds. The van der Waals surface area contributed by atoms with Gasteiger partial charge in [0.05, 0.1) is 0 Å². The average Bonchev–Trinajstić information content (AvgIpc) is 3.03. The Morgan fingerprint density at radius 2 is 1.41 bits per heavy atom. The van der Waals surface area contributed by atoms with E-state index in [1.54, 1.807) is 0 Å². The van der Waals surface area contributed by atoms with Gasteiger partial charge in [-0.3, -0.25) is 9.20 Å². The van der Waals surface area contributed by atoms with Crippen molar-refractivity contribution in [1.82, 2.24) is 9.38 Å². The van der Waals surface area contributed by atoms with Crippen LogP contribution in [0, 0.1) is 20.8 Å². The lowest BCUT2D eigenvalue weighted by Crippen LogP contribution is -2.15. The van der Waals surface area contributed by atoms with Gasteiger partial charge in [0.2, 0.25) is 0 Å². The number of hydrogen-bond donors (Lipinski definition) is 1. The SMILES string of the molecule is Cc1ccc(NC(=O)c2c(-c3ccc(C)cc3)nc3ccc(C)cn23)cc1. The fourth-order valence-electron chi connectivity index (χ4n) is 3.11. The first-order valence-corrected chi connectivity index (χ1v) is 8.95. The van der Waals surface area contributed by atoms with Crippen LogP contribution in [0.15, 0.2) is 66.9 Å². The number of carbonyl (C=O) groups excluding carboxylic acids is 1. The van der Waals surface area contributed by atoms with Gasteiger partial charge in [-0.2, -0.15) is 0 Å². The van der Waals surface area contributed by atoms with Gasteiger partial charge < -0.3 is 5.32 Å². The minimum Gasteiger partial charge on any atom is -0.321 e. The standard InChI is InChI=1S/C23H21N3O/c1-15-4-9-18(10-5-15)21-22(26-14-17(3)8-13-20(26)25-21)23(27)24-19-11-6-16(2)7-12-19/h4-14H,1-3H3,(H,24,27). The molecule has 0 saturated carbocycles. The first-order chi connectivity index (χ1) is 13.0.